The highest BCUT2D eigenvalue weighted by atomic mass is 16.1. The van der Waals surface area contributed by atoms with E-state index in [2.05, 4.69) is 10.3 Å². The van der Waals surface area contributed by atoms with Gasteiger partial charge in [-0.25, -0.2) is 0 Å². The van der Waals surface area contributed by atoms with Gasteiger partial charge in [-0.05, 0) is 24.1 Å². The molecule has 1 N–H and O–H groups in total. The van der Waals surface area contributed by atoms with Gasteiger partial charge in [0, 0.05) is 18.0 Å². The molecule has 1 amide bonds. The summed E-state index contributed by atoms with van der Waals surface area (Å²) in [7, 11) is 0. The lowest BCUT2D eigenvalue weighted by Gasteiger charge is -2.14. The molecule has 0 fully saturated rings. The van der Waals surface area contributed by atoms with Crippen LogP contribution in [-0.2, 0) is 0 Å². The van der Waals surface area contributed by atoms with Crippen molar-refractivity contribution in [3.8, 4) is 11.1 Å². The van der Waals surface area contributed by atoms with Crippen molar-refractivity contribution >= 4 is 5.91 Å². The van der Waals surface area contributed by atoms with E-state index in [0.717, 1.165) is 16.7 Å². The fraction of sp³-hybridized carbons (Fsp3) is 0.100. The third kappa shape index (κ3) is 3.64. The van der Waals surface area contributed by atoms with Crippen LogP contribution >= 0.6 is 0 Å². The van der Waals surface area contributed by atoms with Gasteiger partial charge in [-0.1, -0.05) is 60.7 Å². The average molecular weight is 302 g/mol. The van der Waals surface area contributed by atoms with Gasteiger partial charge in [0.1, 0.15) is 0 Å². The van der Waals surface area contributed by atoms with Gasteiger partial charge >= 0.3 is 0 Å². The van der Waals surface area contributed by atoms with Crippen molar-refractivity contribution in [2.75, 3.05) is 0 Å². The zero-order valence-corrected chi connectivity index (χ0v) is 12.9. The van der Waals surface area contributed by atoms with Crippen molar-refractivity contribution < 1.29 is 4.79 Å². The molecule has 0 bridgehead atoms. The molecule has 0 aliphatic rings. The summed E-state index contributed by atoms with van der Waals surface area (Å²) in [6.45, 7) is 1.97. The van der Waals surface area contributed by atoms with E-state index in [4.69, 9.17) is 0 Å². The summed E-state index contributed by atoms with van der Waals surface area (Å²) in [5.74, 6) is -0.119. The molecule has 3 nitrogen and oxygen atoms in total. The smallest absolute Gasteiger partial charge is 0.253 e. The monoisotopic (exact) mass is 302 g/mol. The van der Waals surface area contributed by atoms with E-state index in [-0.39, 0.29) is 11.9 Å². The van der Waals surface area contributed by atoms with E-state index in [0.29, 0.717) is 5.56 Å². The molecule has 0 spiro atoms. The number of benzene rings is 2. The lowest BCUT2D eigenvalue weighted by Crippen LogP contribution is -2.26. The molecule has 3 heteroatoms. The van der Waals surface area contributed by atoms with Gasteiger partial charge in [0.2, 0.25) is 0 Å². The Morgan fingerprint density at radius 1 is 0.913 bits per heavy atom. The van der Waals surface area contributed by atoms with Crippen LogP contribution in [0.1, 0.15) is 28.9 Å². The number of nitrogens with one attached hydrogen (secondary N) is 1. The molecule has 2 aromatic carbocycles. The highest BCUT2D eigenvalue weighted by Crippen LogP contribution is 2.19. The van der Waals surface area contributed by atoms with E-state index in [9.17, 15) is 4.79 Å². The largest absolute Gasteiger partial charge is 0.345 e. The Kier molecular flexibility index (Phi) is 4.48. The number of hydrogen-bond donors (Lipinski definition) is 1. The number of rotatable bonds is 4. The quantitative estimate of drug-likeness (QED) is 0.783. The van der Waals surface area contributed by atoms with E-state index < -0.39 is 0 Å². The fourth-order valence-electron chi connectivity index (χ4n) is 2.46. The second-order valence-electron chi connectivity index (χ2n) is 5.43. The van der Waals surface area contributed by atoms with Crippen LogP contribution in [0.25, 0.3) is 11.1 Å². The van der Waals surface area contributed by atoms with Crippen LogP contribution in [0.2, 0.25) is 0 Å². The van der Waals surface area contributed by atoms with Gasteiger partial charge in [-0.15, -0.1) is 0 Å². The number of carbonyl (C=O) groups excluding carboxylic acids is 1. The second-order valence-corrected chi connectivity index (χ2v) is 5.43. The Bertz CT molecular complexity index is 785. The first-order chi connectivity index (χ1) is 11.2. The van der Waals surface area contributed by atoms with Gasteiger partial charge in [0.05, 0.1) is 11.6 Å². The maximum atomic E-state index is 12.5. The lowest BCUT2D eigenvalue weighted by molar-refractivity contribution is 0.0939. The lowest BCUT2D eigenvalue weighted by atomic mass is 10.1. The minimum Gasteiger partial charge on any atom is -0.345 e. The number of aromatic nitrogens is 1. The van der Waals surface area contributed by atoms with Gasteiger partial charge in [0.25, 0.3) is 5.91 Å². The molecule has 0 aliphatic heterocycles. The molecule has 1 unspecified atom stereocenters. The van der Waals surface area contributed by atoms with E-state index in [1.165, 1.54) is 0 Å². The van der Waals surface area contributed by atoms with Crippen LogP contribution in [0.15, 0.2) is 79.1 Å². The first-order valence-electron chi connectivity index (χ1n) is 7.60. The third-order valence-corrected chi connectivity index (χ3v) is 3.75. The van der Waals surface area contributed by atoms with Crippen LogP contribution in [-0.4, -0.2) is 10.9 Å². The highest BCUT2D eigenvalue weighted by molar-refractivity contribution is 5.95. The van der Waals surface area contributed by atoms with Crippen molar-refractivity contribution in [2.45, 2.75) is 13.0 Å². The van der Waals surface area contributed by atoms with Gasteiger partial charge in [0.15, 0.2) is 0 Å². The summed E-state index contributed by atoms with van der Waals surface area (Å²) >= 11 is 0. The molecular formula is C20H18N2O. The number of nitrogens with zero attached hydrogens (tertiary/aromatic N) is 1. The molecule has 3 aromatic rings. The maximum Gasteiger partial charge on any atom is 0.253 e. The maximum absolute atomic E-state index is 12.5. The molecule has 1 atom stereocenters. The number of pyridine rings is 1. The molecule has 0 saturated heterocycles. The number of amides is 1. The van der Waals surface area contributed by atoms with Crippen molar-refractivity contribution in [1.82, 2.24) is 10.3 Å². The van der Waals surface area contributed by atoms with E-state index in [1.54, 1.807) is 12.4 Å². The molecule has 3 rings (SSSR count). The van der Waals surface area contributed by atoms with Crippen molar-refractivity contribution in [3.05, 3.63) is 90.3 Å². The molecule has 1 heterocycles. The molecular weight excluding hydrogens is 284 g/mol. The molecule has 1 aromatic heterocycles. The van der Waals surface area contributed by atoms with Gasteiger partial charge < -0.3 is 5.32 Å². The van der Waals surface area contributed by atoms with Crippen LogP contribution in [0.4, 0.5) is 0 Å². The SMILES string of the molecule is CC(NC(=O)c1cncc(-c2ccccc2)c1)c1ccccc1. The number of hydrogen-bond acceptors (Lipinski definition) is 2. The third-order valence-electron chi connectivity index (χ3n) is 3.75. The van der Waals surface area contributed by atoms with Crippen molar-refractivity contribution in [2.24, 2.45) is 0 Å². The topological polar surface area (TPSA) is 42.0 Å². The Hall–Kier alpha value is -2.94. The molecule has 23 heavy (non-hydrogen) atoms. The number of carbonyl (C=O) groups is 1. The summed E-state index contributed by atoms with van der Waals surface area (Å²) in [5.41, 5.74) is 3.62. The fourth-order valence-corrected chi connectivity index (χ4v) is 2.46. The highest BCUT2D eigenvalue weighted by Gasteiger charge is 2.12. The Balaban J connectivity index is 1.78. The Morgan fingerprint density at radius 3 is 2.26 bits per heavy atom. The summed E-state index contributed by atoms with van der Waals surface area (Å²) in [6, 6.07) is 21.6. The first kappa shape index (κ1) is 15.0. The van der Waals surface area contributed by atoms with E-state index in [1.807, 2.05) is 73.7 Å². The Morgan fingerprint density at radius 2 is 1.57 bits per heavy atom. The van der Waals surface area contributed by atoms with E-state index >= 15 is 0 Å². The summed E-state index contributed by atoms with van der Waals surface area (Å²) < 4.78 is 0. The average Bonchev–Trinajstić information content (AvgIpc) is 2.63. The van der Waals surface area contributed by atoms with Gasteiger partial charge in [-0.2, -0.15) is 0 Å². The predicted octanol–water partition coefficient (Wildman–Crippen LogP) is 4.24. The zero-order valence-electron chi connectivity index (χ0n) is 12.9. The van der Waals surface area contributed by atoms with Crippen molar-refractivity contribution in [3.63, 3.8) is 0 Å². The van der Waals surface area contributed by atoms with Crippen molar-refractivity contribution in [1.29, 1.82) is 0 Å². The van der Waals surface area contributed by atoms with Crippen LogP contribution in [0, 0.1) is 0 Å². The van der Waals surface area contributed by atoms with Crippen LogP contribution in [0.5, 0.6) is 0 Å². The van der Waals surface area contributed by atoms with Gasteiger partial charge in [-0.3, -0.25) is 9.78 Å². The zero-order chi connectivity index (χ0) is 16.1. The normalized spacial score (nSPS) is 11.7. The standard InChI is InChI=1S/C20H18N2O/c1-15(16-8-4-2-5-9-16)22-20(23)19-12-18(13-21-14-19)17-10-6-3-7-11-17/h2-15H,1H3,(H,22,23). The second kappa shape index (κ2) is 6.88. The van der Waals surface area contributed by atoms with Crippen LogP contribution < -0.4 is 5.32 Å². The molecule has 0 saturated carbocycles. The summed E-state index contributed by atoms with van der Waals surface area (Å²) in [6.07, 6.45) is 3.37. The summed E-state index contributed by atoms with van der Waals surface area (Å²) in [5, 5.41) is 3.01. The molecule has 0 aliphatic carbocycles. The minimum atomic E-state index is -0.119. The minimum absolute atomic E-state index is 0.0518. The first-order valence-corrected chi connectivity index (χ1v) is 7.60. The summed E-state index contributed by atoms with van der Waals surface area (Å²) in [4.78, 5) is 16.7. The molecule has 114 valence electrons. The Labute approximate surface area is 136 Å². The molecule has 0 radical (unpaired) electrons. The van der Waals surface area contributed by atoms with Crippen LogP contribution in [0.3, 0.4) is 0 Å². The predicted molar refractivity (Wildman–Crippen MR) is 92.0 cm³/mol.